The van der Waals surface area contributed by atoms with Gasteiger partial charge >= 0.3 is 5.97 Å². The molecule has 3 atom stereocenters. The van der Waals surface area contributed by atoms with Crippen LogP contribution in [0.15, 0.2) is 0 Å². The summed E-state index contributed by atoms with van der Waals surface area (Å²) in [5.41, 5.74) is -2.10. The summed E-state index contributed by atoms with van der Waals surface area (Å²) >= 11 is 0.913. The zero-order valence-corrected chi connectivity index (χ0v) is 15.8. The van der Waals surface area contributed by atoms with Gasteiger partial charge in [-0.1, -0.05) is 77.0 Å². The summed E-state index contributed by atoms with van der Waals surface area (Å²) < 4.78 is 5.06. The molecule has 0 bridgehead atoms. The molecule has 0 amide bonds. The molecule has 1 saturated heterocycles. The summed E-state index contributed by atoms with van der Waals surface area (Å²) in [4.78, 5) is 23.7. The van der Waals surface area contributed by atoms with Crippen LogP contribution in [0.3, 0.4) is 0 Å². The van der Waals surface area contributed by atoms with E-state index in [-0.39, 0.29) is 0 Å². The lowest BCUT2D eigenvalue weighted by molar-refractivity contribution is -0.148. The highest BCUT2D eigenvalue weighted by Gasteiger charge is 2.60. The van der Waals surface area contributed by atoms with Crippen molar-refractivity contribution < 1.29 is 24.5 Å². The van der Waals surface area contributed by atoms with Crippen molar-refractivity contribution in [2.45, 2.75) is 95.9 Å². The first-order valence-corrected chi connectivity index (χ1v) is 10.2. The minimum absolute atomic E-state index is 0.408. The van der Waals surface area contributed by atoms with Crippen LogP contribution < -0.4 is 0 Å². The van der Waals surface area contributed by atoms with Crippen molar-refractivity contribution in [3.05, 3.63) is 0 Å². The maximum Gasteiger partial charge on any atom is 0.339 e. The molecule has 0 aromatic rings. The van der Waals surface area contributed by atoms with Crippen molar-refractivity contribution in [1.29, 1.82) is 0 Å². The normalized spacial score (nSPS) is 26.6. The number of unbranched alkanes of at least 4 members (excludes halogenated alkanes) is 8. The minimum Gasteiger partial charge on any atom is -0.457 e. The Labute approximate surface area is 149 Å². The fraction of sp³-hybridized carbons (Fsp3) is 0.889. The Morgan fingerprint density at radius 3 is 2.17 bits per heavy atom. The highest BCUT2D eigenvalue weighted by atomic mass is 32.2. The lowest BCUT2D eigenvalue weighted by Gasteiger charge is -2.27. The van der Waals surface area contributed by atoms with Crippen molar-refractivity contribution in [3.63, 3.8) is 0 Å². The molecule has 0 aromatic carbocycles. The molecule has 24 heavy (non-hydrogen) atoms. The highest BCUT2D eigenvalue weighted by Crippen LogP contribution is 2.35. The predicted octanol–water partition coefficient (Wildman–Crippen LogP) is 3.20. The van der Waals surface area contributed by atoms with E-state index in [1.807, 2.05) is 0 Å². The molecule has 1 fully saturated rings. The second-order valence-corrected chi connectivity index (χ2v) is 7.73. The Kier molecular flexibility index (Phi) is 9.93. The van der Waals surface area contributed by atoms with Gasteiger partial charge in [-0.3, -0.25) is 4.79 Å². The molecule has 2 N–H and O–H groups in total. The van der Waals surface area contributed by atoms with Gasteiger partial charge in [0, 0.05) is 0 Å². The summed E-state index contributed by atoms with van der Waals surface area (Å²) in [5, 5.41) is 19.8. The molecular formula is C18H32O5S. The summed E-state index contributed by atoms with van der Waals surface area (Å²) in [5.74, 6) is -0.421. The molecule has 1 aliphatic rings. The fourth-order valence-corrected chi connectivity index (χ4v) is 3.80. The molecule has 6 heteroatoms. The van der Waals surface area contributed by atoms with Crippen LogP contribution in [-0.4, -0.2) is 44.9 Å². The molecule has 0 aromatic heterocycles. The van der Waals surface area contributed by atoms with E-state index in [2.05, 4.69) is 6.92 Å². The molecule has 5 nitrogen and oxygen atoms in total. The van der Waals surface area contributed by atoms with E-state index in [4.69, 9.17) is 4.74 Å². The van der Waals surface area contributed by atoms with Crippen molar-refractivity contribution >= 4 is 22.8 Å². The molecule has 140 valence electrons. The van der Waals surface area contributed by atoms with Crippen LogP contribution in [0.1, 0.15) is 78.1 Å². The van der Waals surface area contributed by atoms with Gasteiger partial charge in [-0.25, -0.2) is 4.79 Å². The number of thioether (sulfide) groups is 1. The monoisotopic (exact) mass is 360 g/mol. The van der Waals surface area contributed by atoms with Gasteiger partial charge < -0.3 is 14.9 Å². The zero-order valence-electron chi connectivity index (χ0n) is 15.0. The number of aliphatic hydroxyl groups excluding tert-OH is 1. The quantitative estimate of drug-likeness (QED) is 0.411. The Balaban J connectivity index is 2.32. The van der Waals surface area contributed by atoms with Crippen molar-refractivity contribution in [3.8, 4) is 0 Å². The van der Waals surface area contributed by atoms with Crippen molar-refractivity contribution in [2.75, 3.05) is 5.75 Å². The van der Waals surface area contributed by atoms with E-state index in [1.165, 1.54) is 38.5 Å². The Hall–Kier alpha value is -0.590. The first kappa shape index (κ1) is 21.5. The number of carbonyl (C=O) groups is 2. The topological polar surface area (TPSA) is 83.8 Å². The lowest BCUT2D eigenvalue weighted by Crippen LogP contribution is -2.53. The lowest BCUT2D eigenvalue weighted by atomic mass is 9.90. The minimum atomic E-state index is -2.10. The molecule has 0 spiro atoms. The van der Waals surface area contributed by atoms with Gasteiger partial charge in [0.05, 0.1) is 0 Å². The van der Waals surface area contributed by atoms with E-state index >= 15 is 0 Å². The van der Waals surface area contributed by atoms with Crippen molar-refractivity contribution in [1.82, 2.24) is 0 Å². The second kappa shape index (κ2) is 11.1. The van der Waals surface area contributed by atoms with Crippen molar-refractivity contribution in [2.24, 2.45) is 0 Å². The van der Waals surface area contributed by atoms with Crippen LogP contribution in [0.25, 0.3) is 0 Å². The van der Waals surface area contributed by atoms with Crippen LogP contribution in [-0.2, 0) is 14.3 Å². The molecule has 0 unspecified atom stereocenters. The summed E-state index contributed by atoms with van der Waals surface area (Å²) in [6.07, 6.45) is 8.12. The van der Waals surface area contributed by atoms with E-state index in [0.29, 0.717) is 12.2 Å². The van der Waals surface area contributed by atoms with E-state index in [0.717, 1.165) is 31.0 Å². The summed E-state index contributed by atoms with van der Waals surface area (Å²) in [6.45, 7) is 3.99. The highest BCUT2D eigenvalue weighted by molar-refractivity contribution is 8.13. The van der Waals surface area contributed by atoms with Gasteiger partial charge in [0.15, 0.2) is 6.10 Å². The third-order valence-corrected chi connectivity index (χ3v) is 5.44. The predicted molar refractivity (Wildman–Crippen MR) is 95.8 cm³/mol. The van der Waals surface area contributed by atoms with Gasteiger partial charge in [-0.2, -0.15) is 0 Å². The number of carbonyl (C=O) groups excluding carboxylic acids is 2. The Bertz CT molecular complexity index is 401. The molecular weight excluding hydrogens is 328 g/mol. The van der Waals surface area contributed by atoms with Crippen LogP contribution in [0.2, 0.25) is 0 Å². The number of aliphatic hydroxyl groups is 2. The van der Waals surface area contributed by atoms with E-state index in [1.54, 1.807) is 6.92 Å². The average molecular weight is 361 g/mol. The van der Waals surface area contributed by atoms with Crippen LogP contribution in [0.5, 0.6) is 0 Å². The molecule has 1 aliphatic heterocycles. The standard InChI is InChI=1S/C18H32O5S/c1-3-5-6-7-8-9-10-11-12-13-14-18(22,17(21)24-4-2)15(19)16(20)23-14/h14-15,19,22H,3-13H2,1-2H3/t14-,15+,18-/m1/s1. The third-order valence-electron chi connectivity index (χ3n) is 4.56. The van der Waals surface area contributed by atoms with Crippen LogP contribution in [0, 0.1) is 0 Å². The summed E-state index contributed by atoms with van der Waals surface area (Å²) in [6, 6.07) is 0. The van der Waals surface area contributed by atoms with Gasteiger partial charge in [0.25, 0.3) is 0 Å². The number of hydrogen-bond donors (Lipinski definition) is 2. The Morgan fingerprint density at radius 2 is 1.62 bits per heavy atom. The second-order valence-electron chi connectivity index (χ2n) is 6.49. The molecule has 0 radical (unpaired) electrons. The zero-order chi connectivity index (χ0) is 18.0. The smallest absolute Gasteiger partial charge is 0.339 e. The molecule has 1 heterocycles. The number of esters is 1. The van der Waals surface area contributed by atoms with Gasteiger partial charge in [-0.05, 0) is 18.6 Å². The van der Waals surface area contributed by atoms with Gasteiger partial charge in [0.1, 0.15) is 6.10 Å². The maximum absolute atomic E-state index is 12.1. The number of rotatable bonds is 12. The first-order valence-electron chi connectivity index (χ1n) is 9.26. The average Bonchev–Trinajstić information content (AvgIpc) is 2.78. The van der Waals surface area contributed by atoms with Crippen LogP contribution >= 0.6 is 11.8 Å². The Morgan fingerprint density at radius 1 is 1.08 bits per heavy atom. The molecule has 1 rings (SSSR count). The van der Waals surface area contributed by atoms with Gasteiger partial charge in [-0.15, -0.1) is 0 Å². The largest absolute Gasteiger partial charge is 0.457 e. The summed E-state index contributed by atoms with van der Waals surface area (Å²) in [7, 11) is 0. The van der Waals surface area contributed by atoms with Crippen LogP contribution in [0.4, 0.5) is 0 Å². The maximum atomic E-state index is 12.1. The molecule has 0 saturated carbocycles. The third kappa shape index (κ3) is 5.74. The van der Waals surface area contributed by atoms with E-state index < -0.39 is 28.9 Å². The molecule has 0 aliphatic carbocycles. The SMILES string of the molecule is CCCCCCCCCCC[C@H]1OC(=O)[C@H](O)[C@@]1(O)C(=O)SCC. The fourth-order valence-electron chi connectivity index (χ4n) is 3.06. The number of cyclic esters (lactones) is 1. The number of ether oxygens (including phenoxy) is 1. The van der Waals surface area contributed by atoms with E-state index in [9.17, 15) is 19.8 Å². The number of hydrogen-bond acceptors (Lipinski definition) is 6. The first-order chi connectivity index (χ1) is 11.5. The van der Waals surface area contributed by atoms with Gasteiger partial charge in [0.2, 0.25) is 10.7 Å².